The van der Waals surface area contributed by atoms with E-state index in [1.54, 1.807) is 48.8 Å². The zero-order chi connectivity index (χ0) is 27.0. The van der Waals surface area contributed by atoms with Crippen molar-refractivity contribution in [2.24, 2.45) is 5.73 Å². The first-order valence-electron chi connectivity index (χ1n) is 10.6. The summed E-state index contributed by atoms with van der Waals surface area (Å²) in [6.45, 7) is 0.752. The highest BCUT2D eigenvalue weighted by atomic mass is 35.5. The second kappa shape index (κ2) is 18.9. The number of hydrogen-bond donors (Lipinski definition) is 2. The van der Waals surface area contributed by atoms with Crippen molar-refractivity contribution in [1.82, 2.24) is 20.3 Å². The molecule has 210 valence electrons. The molecule has 0 bridgehead atoms. The second-order valence-corrected chi connectivity index (χ2v) is 7.98. The van der Waals surface area contributed by atoms with Crippen LogP contribution in [0.2, 0.25) is 10.3 Å². The molecular weight excluding hydrogens is 549 g/mol. The van der Waals surface area contributed by atoms with Gasteiger partial charge in [-0.25, -0.2) is 15.0 Å². The summed E-state index contributed by atoms with van der Waals surface area (Å²) in [7, 11) is 0. The van der Waals surface area contributed by atoms with Gasteiger partial charge in [-0.2, -0.15) is 0 Å². The van der Waals surface area contributed by atoms with Crippen molar-refractivity contribution >= 4 is 23.2 Å². The van der Waals surface area contributed by atoms with Crippen molar-refractivity contribution in [3.05, 3.63) is 127 Å². The third-order valence-electron chi connectivity index (χ3n) is 4.25. The Kier molecular flexibility index (Phi) is 16.8. The minimum Gasteiger partial charge on any atom is -0.476 e. The van der Waals surface area contributed by atoms with Crippen LogP contribution in [0.1, 0.15) is 26.0 Å². The summed E-state index contributed by atoms with van der Waals surface area (Å²) in [5.74, 6) is 0.510. The van der Waals surface area contributed by atoms with Crippen molar-refractivity contribution in [2.45, 2.75) is 27.7 Å². The van der Waals surface area contributed by atoms with E-state index in [1.807, 2.05) is 6.07 Å². The number of halogens is 2. The van der Waals surface area contributed by atoms with Gasteiger partial charge >= 0.3 is 0 Å². The highest BCUT2D eigenvalue weighted by Gasteiger charge is 2.06. The fourth-order valence-electron chi connectivity index (χ4n) is 2.74. The second-order valence-electron chi connectivity index (χ2n) is 7.20. The number of nitrogens with zero attached hydrogens (tertiary/aromatic N) is 5. The standard InChI is InChI=1S/C15H15ClN4O3.C8H8ClN3O2.2CH4/c16-14-5-4-12(10-19-14)9-13(11-20(21)22)17-7-8-23-15-3-1-2-6-18-15;9-8-2-1-6(4-11-8)3-7(10)5-12(13)14;;/h1-6,10-11,17H,7-9H2;1-2,4-5H,3,10H2;2*1H4/b13-11+;7-5+;;. The molecular formula is C25H31Cl2N7O5. The molecule has 12 nitrogen and oxygen atoms in total. The smallest absolute Gasteiger partial charge is 0.253 e. The number of aromatic nitrogens is 3. The highest BCUT2D eigenvalue weighted by molar-refractivity contribution is 6.29. The van der Waals surface area contributed by atoms with Crippen molar-refractivity contribution in [2.75, 3.05) is 13.2 Å². The van der Waals surface area contributed by atoms with Gasteiger partial charge in [-0.15, -0.1) is 0 Å². The molecule has 3 aromatic heterocycles. The Balaban J connectivity index is 0.000000783. The fourth-order valence-corrected chi connectivity index (χ4v) is 2.96. The molecule has 0 saturated heterocycles. The summed E-state index contributed by atoms with van der Waals surface area (Å²) in [6.07, 6.45) is 7.11. The number of nitro groups is 2. The lowest BCUT2D eigenvalue weighted by Crippen LogP contribution is -2.22. The van der Waals surface area contributed by atoms with Crippen LogP contribution in [-0.4, -0.2) is 38.0 Å². The first-order chi connectivity index (χ1) is 17.7. The first-order valence-corrected chi connectivity index (χ1v) is 11.4. The molecule has 0 fully saturated rings. The summed E-state index contributed by atoms with van der Waals surface area (Å²) in [5.41, 5.74) is 7.65. The average Bonchev–Trinajstić information content (AvgIpc) is 2.85. The van der Waals surface area contributed by atoms with Gasteiger partial charge in [0.15, 0.2) is 0 Å². The van der Waals surface area contributed by atoms with E-state index in [0.717, 1.165) is 23.5 Å². The Hall–Kier alpha value is -4.29. The number of pyridine rings is 3. The molecule has 0 aliphatic heterocycles. The van der Waals surface area contributed by atoms with Gasteiger partial charge < -0.3 is 15.8 Å². The van der Waals surface area contributed by atoms with Crippen LogP contribution in [-0.2, 0) is 12.8 Å². The number of rotatable bonds is 11. The third-order valence-corrected chi connectivity index (χ3v) is 4.70. The van der Waals surface area contributed by atoms with Crippen molar-refractivity contribution in [3.63, 3.8) is 0 Å². The molecule has 39 heavy (non-hydrogen) atoms. The SMILES string of the molecule is C.C.N/C(=C/[N+](=O)[O-])Cc1ccc(Cl)nc1.O=[N+]([O-])/C=C(\Cc1ccc(Cl)nc1)NCCOc1ccccn1. The van der Waals surface area contributed by atoms with Crippen LogP contribution >= 0.6 is 23.2 Å². The lowest BCUT2D eigenvalue weighted by atomic mass is 10.2. The predicted octanol–water partition coefficient (Wildman–Crippen LogP) is 5.09. The van der Waals surface area contributed by atoms with Crippen LogP contribution in [0.3, 0.4) is 0 Å². The molecule has 0 saturated carbocycles. The zero-order valence-corrected chi connectivity index (χ0v) is 20.9. The van der Waals surface area contributed by atoms with Gasteiger partial charge in [-0.05, 0) is 29.3 Å². The lowest BCUT2D eigenvalue weighted by molar-refractivity contribution is -0.403. The molecule has 3 heterocycles. The number of allylic oxidation sites excluding steroid dienone is 2. The van der Waals surface area contributed by atoms with E-state index in [0.29, 0.717) is 47.9 Å². The molecule has 0 radical (unpaired) electrons. The van der Waals surface area contributed by atoms with E-state index < -0.39 is 9.85 Å². The molecule has 0 aliphatic rings. The largest absolute Gasteiger partial charge is 0.476 e. The van der Waals surface area contributed by atoms with E-state index in [1.165, 1.54) is 6.20 Å². The number of ether oxygens (including phenoxy) is 1. The predicted molar refractivity (Wildman–Crippen MR) is 151 cm³/mol. The summed E-state index contributed by atoms with van der Waals surface area (Å²) in [6, 6.07) is 12.1. The Morgan fingerprint density at radius 2 is 1.49 bits per heavy atom. The summed E-state index contributed by atoms with van der Waals surface area (Å²) < 4.78 is 5.43. The molecule has 0 amide bonds. The van der Waals surface area contributed by atoms with E-state index >= 15 is 0 Å². The average molecular weight is 580 g/mol. The van der Waals surface area contributed by atoms with E-state index in [9.17, 15) is 20.2 Å². The number of hydrogen-bond acceptors (Lipinski definition) is 10. The van der Waals surface area contributed by atoms with Crippen LogP contribution in [0.15, 0.2) is 84.8 Å². The summed E-state index contributed by atoms with van der Waals surface area (Å²) >= 11 is 11.3. The molecule has 14 heteroatoms. The quantitative estimate of drug-likeness (QED) is 0.135. The maximum atomic E-state index is 10.7. The van der Waals surface area contributed by atoms with Crippen LogP contribution in [0.25, 0.3) is 0 Å². The van der Waals surface area contributed by atoms with Gasteiger partial charge in [0.25, 0.3) is 12.4 Å². The Labute approximate surface area is 236 Å². The zero-order valence-electron chi connectivity index (χ0n) is 19.4. The van der Waals surface area contributed by atoms with Crippen molar-refractivity contribution in [1.29, 1.82) is 0 Å². The van der Waals surface area contributed by atoms with Gasteiger partial charge in [0, 0.05) is 44.0 Å². The van der Waals surface area contributed by atoms with Gasteiger partial charge in [0.1, 0.15) is 16.9 Å². The van der Waals surface area contributed by atoms with E-state index in [4.69, 9.17) is 33.7 Å². The molecule has 3 aromatic rings. The summed E-state index contributed by atoms with van der Waals surface area (Å²) in [5, 5.41) is 24.5. The third kappa shape index (κ3) is 15.5. The normalized spacial score (nSPS) is 10.6. The molecule has 3 rings (SSSR count). The van der Waals surface area contributed by atoms with Crippen molar-refractivity contribution < 1.29 is 14.6 Å². The maximum absolute atomic E-state index is 10.7. The summed E-state index contributed by atoms with van der Waals surface area (Å²) in [4.78, 5) is 31.5. The number of nitrogens with two attached hydrogens (primary N) is 1. The molecule has 0 atom stereocenters. The highest BCUT2D eigenvalue weighted by Crippen LogP contribution is 2.10. The monoisotopic (exact) mass is 579 g/mol. The molecule has 0 aromatic carbocycles. The molecule has 0 spiro atoms. The van der Waals surface area contributed by atoms with Crippen LogP contribution < -0.4 is 15.8 Å². The minimum atomic E-state index is -0.585. The molecule has 0 aliphatic carbocycles. The first kappa shape index (κ1) is 34.7. The Morgan fingerprint density at radius 3 is 1.97 bits per heavy atom. The fraction of sp³-hybridized carbons (Fsp3) is 0.240. The van der Waals surface area contributed by atoms with Crippen LogP contribution in [0.4, 0.5) is 0 Å². The van der Waals surface area contributed by atoms with Crippen LogP contribution in [0, 0.1) is 20.2 Å². The van der Waals surface area contributed by atoms with E-state index in [-0.39, 0.29) is 20.6 Å². The van der Waals surface area contributed by atoms with Gasteiger partial charge in [-0.3, -0.25) is 20.2 Å². The van der Waals surface area contributed by atoms with Gasteiger partial charge in [-0.1, -0.05) is 56.3 Å². The number of nitrogens with one attached hydrogen (secondary N) is 1. The lowest BCUT2D eigenvalue weighted by Gasteiger charge is -2.10. The van der Waals surface area contributed by atoms with E-state index in [2.05, 4.69) is 20.3 Å². The maximum Gasteiger partial charge on any atom is 0.253 e. The van der Waals surface area contributed by atoms with Gasteiger partial charge in [0.2, 0.25) is 5.88 Å². The van der Waals surface area contributed by atoms with Crippen molar-refractivity contribution in [3.8, 4) is 5.88 Å². The molecule has 3 N–H and O–H groups in total. The molecule has 0 unspecified atom stereocenters. The Bertz CT molecular complexity index is 1210. The topological polar surface area (TPSA) is 172 Å². The minimum absolute atomic E-state index is 0. The Morgan fingerprint density at radius 1 is 0.897 bits per heavy atom. The van der Waals surface area contributed by atoms with Gasteiger partial charge in [0.05, 0.1) is 21.2 Å². The van der Waals surface area contributed by atoms with Crippen LogP contribution in [0.5, 0.6) is 5.88 Å².